The monoisotopic (exact) mass is 476 g/mol. The molecule has 1 N–H and O–H groups in total. The average Bonchev–Trinajstić information content (AvgIpc) is 2.81. The van der Waals surface area contributed by atoms with E-state index in [-0.39, 0.29) is 24.0 Å². The van der Waals surface area contributed by atoms with E-state index >= 15 is 0 Å². The smallest absolute Gasteiger partial charge is 0.356 e. The van der Waals surface area contributed by atoms with Crippen LogP contribution in [-0.4, -0.2) is 24.9 Å². The van der Waals surface area contributed by atoms with E-state index in [0.29, 0.717) is 24.9 Å². The molecule has 0 spiro atoms. The number of anilines is 1. The molecule has 2 aromatic carbocycles. The van der Waals surface area contributed by atoms with Crippen LogP contribution < -0.4 is 10.2 Å². The first-order valence-corrected chi connectivity index (χ1v) is 12.1. The third-order valence-corrected chi connectivity index (χ3v) is 5.74. The number of benzene rings is 2. The molecule has 0 bridgehead atoms. The largest absolute Gasteiger partial charge is 0.416 e. The number of unbranched alkanes of at least 4 members (excludes halogenated alkanes) is 5. The van der Waals surface area contributed by atoms with Crippen molar-refractivity contribution < 1.29 is 22.8 Å². The van der Waals surface area contributed by atoms with Gasteiger partial charge in [0.25, 0.3) is 5.91 Å². The van der Waals surface area contributed by atoms with Gasteiger partial charge in [0.1, 0.15) is 0 Å². The van der Waals surface area contributed by atoms with E-state index in [2.05, 4.69) is 12.2 Å². The Morgan fingerprint density at radius 2 is 1.62 bits per heavy atom. The third-order valence-electron chi connectivity index (χ3n) is 5.74. The van der Waals surface area contributed by atoms with E-state index in [1.54, 1.807) is 31.2 Å². The van der Waals surface area contributed by atoms with Crippen molar-refractivity contribution >= 4 is 17.5 Å². The number of amides is 2. The Morgan fingerprint density at radius 3 is 2.32 bits per heavy atom. The van der Waals surface area contributed by atoms with Gasteiger partial charge in [-0.1, -0.05) is 63.3 Å². The lowest BCUT2D eigenvalue weighted by Crippen LogP contribution is -2.35. The molecule has 0 fully saturated rings. The fourth-order valence-electron chi connectivity index (χ4n) is 3.78. The summed E-state index contributed by atoms with van der Waals surface area (Å²) in [6.45, 7) is 4.49. The molecular formula is C27H35F3N2O2. The normalized spacial score (nSPS) is 11.3. The van der Waals surface area contributed by atoms with Crippen molar-refractivity contribution in [3.05, 3.63) is 65.2 Å². The van der Waals surface area contributed by atoms with Gasteiger partial charge in [0, 0.05) is 30.8 Å². The molecule has 2 amide bonds. The number of hydrogen-bond donors (Lipinski definition) is 1. The Balaban J connectivity index is 2.00. The van der Waals surface area contributed by atoms with Crippen LogP contribution in [0.2, 0.25) is 0 Å². The Bertz CT molecular complexity index is 928. The number of carbonyl (C=O) groups excluding carboxylic acids is 2. The zero-order valence-corrected chi connectivity index (χ0v) is 20.1. The summed E-state index contributed by atoms with van der Waals surface area (Å²) in [5.41, 5.74) is 0.560. The highest BCUT2D eigenvalue weighted by Crippen LogP contribution is 2.32. The van der Waals surface area contributed by atoms with Gasteiger partial charge in [-0.3, -0.25) is 9.59 Å². The molecule has 7 heteroatoms. The number of alkyl halides is 3. The number of rotatable bonds is 13. The summed E-state index contributed by atoms with van der Waals surface area (Å²) < 4.78 is 39.8. The lowest BCUT2D eigenvalue weighted by molar-refractivity contribution is -0.137. The highest BCUT2D eigenvalue weighted by molar-refractivity contribution is 6.07. The average molecular weight is 477 g/mol. The number of nitrogens with one attached hydrogen (secondary N) is 1. The maximum Gasteiger partial charge on any atom is 0.416 e. The van der Waals surface area contributed by atoms with Gasteiger partial charge in [0.05, 0.1) is 5.56 Å². The molecule has 0 aliphatic carbocycles. The van der Waals surface area contributed by atoms with Crippen molar-refractivity contribution in [2.75, 3.05) is 18.0 Å². The van der Waals surface area contributed by atoms with Gasteiger partial charge in [-0.05, 0) is 49.6 Å². The van der Waals surface area contributed by atoms with Gasteiger partial charge >= 0.3 is 6.18 Å². The van der Waals surface area contributed by atoms with Crippen LogP contribution in [0.3, 0.4) is 0 Å². The summed E-state index contributed by atoms with van der Waals surface area (Å²) >= 11 is 0. The van der Waals surface area contributed by atoms with Crippen LogP contribution in [0.5, 0.6) is 0 Å². The fraction of sp³-hybridized carbons (Fsp3) is 0.481. The van der Waals surface area contributed by atoms with Crippen molar-refractivity contribution in [2.45, 2.75) is 71.4 Å². The van der Waals surface area contributed by atoms with Crippen molar-refractivity contribution in [3.63, 3.8) is 0 Å². The zero-order valence-electron chi connectivity index (χ0n) is 20.1. The number of hydrogen-bond acceptors (Lipinski definition) is 2. The predicted octanol–water partition coefficient (Wildman–Crippen LogP) is 6.92. The van der Waals surface area contributed by atoms with Gasteiger partial charge in [-0.15, -0.1) is 0 Å². The van der Waals surface area contributed by atoms with E-state index in [9.17, 15) is 22.8 Å². The zero-order chi connectivity index (χ0) is 25.0. The Labute approximate surface area is 200 Å². The minimum Gasteiger partial charge on any atom is -0.356 e. The standard InChI is InChI=1S/C27H35F3N2O2/c1-3-4-5-6-7-8-17-25(33)31-18-12-19-32(26(34)24-16-10-9-13-21(24)2)23-15-11-14-22(20-23)27(28,29)30/h9-11,13-16,20H,3-8,12,17-19H2,1-2H3,(H,31,33). The van der Waals surface area contributed by atoms with Gasteiger partial charge in [0.15, 0.2) is 0 Å². The Morgan fingerprint density at radius 1 is 0.912 bits per heavy atom. The maximum absolute atomic E-state index is 13.3. The second kappa shape index (κ2) is 13.8. The van der Waals surface area contributed by atoms with Crippen LogP contribution in [0.25, 0.3) is 0 Å². The highest BCUT2D eigenvalue weighted by Gasteiger charge is 2.31. The quantitative estimate of drug-likeness (QED) is 0.319. The molecule has 0 atom stereocenters. The molecule has 2 rings (SSSR count). The molecule has 2 aromatic rings. The van der Waals surface area contributed by atoms with Gasteiger partial charge in [-0.25, -0.2) is 0 Å². The lowest BCUT2D eigenvalue weighted by Gasteiger charge is -2.25. The van der Waals surface area contributed by atoms with E-state index in [4.69, 9.17) is 0 Å². The molecule has 0 aromatic heterocycles. The van der Waals surface area contributed by atoms with Gasteiger partial charge in [-0.2, -0.15) is 13.2 Å². The number of nitrogens with zero attached hydrogens (tertiary/aromatic N) is 1. The van der Waals surface area contributed by atoms with Gasteiger partial charge in [0.2, 0.25) is 5.91 Å². The third kappa shape index (κ3) is 8.84. The Kier molecular flexibility index (Phi) is 11.1. The number of halogens is 3. The van der Waals surface area contributed by atoms with Crippen LogP contribution in [0.1, 0.15) is 79.8 Å². The van der Waals surface area contributed by atoms with Crippen LogP contribution in [0.4, 0.5) is 18.9 Å². The van der Waals surface area contributed by atoms with Crippen molar-refractivity contribution in [3.8, 4) is 0 Å². The summed E-state index contributed by atoms with van der Waals surface area (Å²) in [6, 6.07) is 11.8. The van der Waals surface area contributed by atoms with Crippen molar-refractivity contribution in [1.82, 2.24) is 5.32 Å². The summed E-state index contributed by atoms with van der Waals surface area (Å²) in [5.74, 6) is -0.401. The summed E-state index contributed by atoms with van der Waals surface area (Å²) in [7, 11) is 0. The van der Waals surface area contributed by atoms with Crippen LogP contribution in [0.15, 0.2) is 48.5 Å². The molecule has 0 heterocycles. The van der Waals surface area contributed by atoms with E-state index in [0.717, 1.165) is 37.0 Å². The van der Waals surface area contributed by atoms with Crippen molar-refractivity contribution in [2.24, 2.45) is 0 Å². The first kappa shape index (κ1) is 27.4. The minimum atomic E-state index is -4.50. The van der Waals surface area contributed by atoms with Crippen molar-refractivity contribution in [1.29, 1.82) is 0 Å². The SMILES string of the molecule is CCCCCCCCC(=O)NCCCN(C(=O)c1ccccc1C)c1cccc(C(F)(F)F)c1. The summed E-state index contributed by atoms with van der Waals surface area (Å²) in [4.78, 5) is 26.7. The lowest BCUT2D eigenvalue weighted by atomic mass is 10.1. The highest BCUT2D eigenvalue weighted by atomic mass is 19.4. The molecule has 186 valence electrons. The maximum atomic E-state index is 13.3. The number of carbonyl (C=O) groups is 2. The second-order valence-electron chi connectivity index (χ2n) is 8.54. The molecule has 0 aliphatic rings. The van der Waals surface area contributed by atoms with E-state index < -0.39 is 11.7 Å². The van der Waals surface area contributed by atoms with Crippen LogP contribution >= 0.6 is 0 Å². The first-order valence-electron chi connectivity index (χ1n) is 12.1. The molecule has 0 unspecified atom stereocenters. The molecule has 0 aliphatic heterocycles. The molecule has 34 heavy (non-hydrogen) atoms. The van der Waals surface area contributed by atoms with E-state index in [1.807, 2.05) is 0 Å². The predicted molar refractivity (Wildman–Crippen MR) is 130 cm³/mol. The summed E-state index contributed by atoms with van der Waals surface area (Å²) in [5, 5.41) is 2.86. The number of aryl methyl sites for hydroxylation is 1. The van der Waals surface area contributed by atoms with Crippen LogP contribution in [-0.2, 0) is 11.0 Å². The topological polar surface area (TPSA) is 49.4 Å². The minimum absolute atomic E-state index is 0.0358. The fourth-order valence-corrected chi connectivity index (χ4v) is 3.78. The molecule has 0 saturated heterocycles. The molecular weight excluding hydrogens is 441 g/mol. The Hall–Kier alpha value is -2.83. The second-order valence-corrected chi connectivity index (χ2v) is 8.54. The van der Waals surface area contributed by atoms with Crippen LogP contribution in [0, 0.1) is 6.92 Å². The van der Waals surface area contributed by atoms with Gasteiger partial charge < -0.3 is 10.2 Å². The molecule has 0 radical (unpaired) electrons. The first-order chi connectivity index (χ1) is 16.2. The molecule has 0 saturated carbocycles. The van der Waals surface area contributed by atoms with E-state index in [1.165, 1.54) is 36.3 Å². The summed E-state index contributed by atoms with van der Waals surface area (Å²) in [6.07, 6.45) is 2.99. The molecule has 4 nitrogen and oxygen atoms in total.